The summed E-state index contributed by atoms with van der Waals surface area (Å²) >= 11 is 0. The van der Waals surface area contributed by atoms with Crippen molar-refractivity contribution in [1.82, 2.24) is 0 Å². The van der Waals surface area contributed by atoms with Gasteiger partial charge in [-0.3, -0.25) is 9.52 Å². The van der Waals surface area contributed by atoms with Crippen molar-refractivity contribution in [3.63, 3.8) is 0 Å². The highest BCUT2D eigenvalue weighted by Crippen LogP contribution is 2.27. The Balaban J connectivity index is 2.14. The Kier molecular flexibility index (Phi) is 5.45. The van der Waals surface area contributed by atoms with E-state index >= 15 is 0 Å². The number of amides is 1. The molecule has 0 aromatic heterocycles. The number of carbonyl (C=O) groups excluding carboxylic acids is 1. The van der Waals surface area contributed by atoms with Crippen LogP contribution in [0.25, 0.3) is 0 Å². The van der Waals surface area contributed by atoms with E-state index in [4.69, 9.17) is 0 Å². The molecule has 0 bridgehead atoms. The van der Waals surface area contributed by atoms with E-state index in [1.165, 1.54) is 0 Å². The first-order chi connectivity index (χ1) is 10.4. The van der Waals surface area contributed by atoms with Crippen molar-refractivity contribution >= 4 is 27.3 Å². The van der Waals surface area contributed by atoms with Crippen LogP contribution in [0.4, 0.5) is 11.4 Å². The summed E-state index contributed by atoms with van der Waals surface area (Å²) in [5.41, 5.74) is 2.34. The van der Waals surface area contributed by atoms with Crippen molar-refractivity contribution in [3.8, 4) is 0 Å². The molecule has 0 unspecified atom stereocenters. The average molecular weight is 324 g/mol. The van der Waals surface area contributed by atoms with Crippen molar-refractivity contribution < 1.29 is 13.2 Å². The lowest BCUT2D eigenvalue weighted by atomic mass is 10.1. The molecule has 0 aliphatic carbocycles. The number of hydrogen-bond acceptors (Lipinski definition) is 3. The van der Waals surface area contributed by atoms with E-state index in [-0.39, 0.29) is 11.7 Å². The molecule has 1 amide bonds. The number of aryl methyl sites for hydroxylation is 1. The quantitative estimate of drug-likeness (QED) is 0.874. The van der Waals surface area contributed by atoms with Gasteiger partial charge in [-0.25, -0.2) is 8.42 Å². The van der Waals surface area contributed by atoms with E-state index in [0.29, 0.717) is 18.5 Å². The molecule has 122 valence electrons. The molecule has 0 spiro atoms. The largest absolute Gasteiger partial charge is 0.312 e. The summed E-state index contributed by atoms with van der Waals surface area (Å²) in [4.78, 5) is 13.8. The maximum atomic E-state index is 12.0. The number of carbonyl (C=O) groups is 1. The zero-order chi connectivity index (χ0) is 16.2. The van der Waals surface area contributed by atoms with Crippen LogP contribution in [-0.4, -0.2) is 26.6 Å². The molecule has 1 N–H and O–H groups in total. The zero-order valence-corrected chi connectivity index (χ0v) is 14.1. The summed E-state index contributed by atoms with van der Waals surface area (Å²) in [7, 11) is -3.29. The van der Waals surface area contributed by atoms with E-state index in [1.807, 2.05) is 19.9 Å². The molecule has 1 heterocycles. The standard InChI is InChI=1S/C16H24N2O3S/c1-3-4-11-22(20,21)17-14-8-9-15(13(2)12-14)18-10-6-5-7-16(18)19/h8-9,12,17H,3-7,10-11H2,1-2H3. The second-order valence-electron chi connectivity index (χ2n) is 5.78. The number of hydrogen-bond donors (Lipinski definition) is 1. The summed E-state index contributed by atoms with van der Waals surface area (Å²) in [6, 6.07) is 5.35. The number of anilines is 2. The van der Waals surface area contributed by atoms with E-state index in [0.717, 1.165) is 37.1 Å². The molecule has 2 rings (SSSR count). The predicted octanol–water partition coefficient (Wildman–Crippen LogP) is 3.05. The zero-order valence-electron chi connectivity index (χ0n) is 13.3. The van der Waals surface area contributed by atoms with Crippen LogP contribution < -0.4 is 9.62 Å². The molecule has 0 atom stereocenters. The summed E-state index contributed by atoms with van der Waals surface area (Å²) in [5.74, 6) is 0.278. The van der Waals surface area contributed by atoms with Gasteiger partial charge in [-0.2, -0.15) is 0 Å². The minimum Gasteiger partial charge on any atom is -0.312 e. The highest BCUT2D eigenvalue weighted by atomic mass is 32.2. The summed E-state index contributed by atoms with van der Waals surface area (Å²) in [6.45, 7) is 4.60. The summed E-state index contributed by atoms with van der Waals surface area (Å²) in [6.07, 6.45) is 4.04. The molecule has 1 aromatic rings. The van der Waals surface area contributed by atoms with Gasteiger partial charge in [-0.1, -0.05) is 13.3 Å². The molecule has 1 aliphatic heterocycles. The van der Waals surface area contributed by atoms with Crippen molar-refractivity contribution in [2.75, 3.05) is 21.9 Å². The Morgan fingerprint density at radius 3 is 2.68 bits per heavy atom. The molecular weight excluding hydrogens is 300 g/mol. The van der Waals surface area contributed by atoms with Gasteiger partial charge in [0.05, 0.1) is 5.75 Å². The topological polar surface area (TPSA) is 66.5 Å². The van der Waals surface area contributed by atoms with Gasteiger partial charge in [0, 0.05) is 24.3 Å². The minimum atomic E-state index is -3.29. The number of nitrogens with one attached hydrogen (secondary N) is 1. The molecule has 0 radical (unpaired) electrons. The number of rotatable bonds is 6. The molecule has 0 saturated carbocycles. The second kappa shape index (κ2) is 7.13. The highest BCUT2D eigenvalue weighted by Gasteiger charge is 2.21. The predicted molar refractivity (Wildman–Crippen MR) is 89.7 cm³/mol. The lowest BCUT2D eigenvalue weighted by molar-refractivity contribution is -0.119. The van der Waals surface area contributed by atoms with Crippen LogP contribution in [0, 0.1) is 6.92 Å². The van der Waals surface area contributed by atoms with Crippen LogP contribution in [0.15, 0.2) is 18.2 Å². The Hall–Kier alpha value is -1.56. The van der Waals surface area contributed by atoms with Crippen LogP contribution in [0.3, 0.4) is 0 Å². The normalized spacial score (nSPS) is 15.9. The molecule has 1 saturated heterocycles. The van der Waals surface area contributed by atoms with Gasteiger partial charge in [0.2, 0.25) is 15.9 Å². The van der Waals surface area contributed by atoms with Gasteiger partial charge in [0.25, 0.3) is 0 Å². The number of unbranched alkanes of at least 4 members (excludes halogenated alkanes) is 1. The van der Waals surface area contributed by atoms with E-state index < -0.39 is 10.0 Å². The van der Waals surface area contributed by atoms with E-state index in [9.17, 15) is 13.2 Å². The maximum absolute atomic E-state index is 12.0. The average Bonchev–Trinajstić information content (AvgIpc) is 2.46. The minimum absolute atomic E-state index is 0.134. The summed E-state index contributed by atoms with van der Waals surface area (Å²) in [5, 5.41) is 0. The molecule has 1 aliphatic rings. The first-order valence-corrected chi connectivity index (χ1v) is 9.49. The van der Waals surface area contributed by atoms with Gasteiger partial charge < -0.3 is 4.90 Å². The molecule has 1 fully saturated rings. The Morgan fingerprint density at radius 2 is 2.05 bits per heavy atom. The van der Waals surface area contributed by atoms with Gasteiger partial charge in [-0.15, -0.1) is 0 Å². The molecule has 1 aromatic carbocycles. The molecular formula is C16H24N2O3S. The Bertz CT molecular complexity index is 641. The van der Waals surface area contributed by atoms with Crippen LogP contribution in [0.5, 0.6) is 0 Å². The SMILES string of the molecule is CCCCS(=O)(=O)Nc1ccc(N2CCCCC2=O)c(C)c1. The summed E-state index contributed by atoms with van der Waals surface area (Å²) < 4.78 is 26.5. The fourth-order valence-corrected chi connectivity index (χ4v) is 3.90. The molecule has 22 heavy (non-hydrogen) atoms. The van der Waals surface area contributed by atoms with Gasteiger partial charge in [0.15, 0.2) is 0 Å². The fourth-order valence-electron chi connectivity index (χ4n) is 2.65. The van der Waals surface area contributed by atoms with Crippen molar-refractivity contribution in [3.05, 3.63) is 23.8 Å². The Morgan fingerprint density at radius 1 is 1.27 bits per heavy atom. The smallest absolute Gasteiger partial charge is 0.232 e. The third kappa shape index (κ3) is 4.22. The van der Waals surface area contributed by atoms with Crippen LogP contribution in [-0.2, 0) is 14.8 Å². The molecule has 6 heteroatoms. The first-order valence-electron chi connectivity index (χ1n) is 7.84. The number of sulfonamides is 1. The van der Waals surface area contributed by atoms with Gasteiger partial charge >= 0.3 is 0 Å². The lowest BCUT2D eigenvalue weighted by Gasteiger charge is -2.28. The molecule has 5 nitrogen and oxygen atoms in total. The van der Waals surface area contributed by atoms with Crippen molar-refractivity contribution in [2.45, 2.75) is 46.0 Å². The lowest BCUT2D eigenvalue weighted by Crippen LogP contribution is -2.35. The van der Waals surface area contributed by atoms with E-state index in [2.05, 4.69) is 4.72 Å². The van der Waals surface area contributed by atoms with Crippen molar-refractivity contribution in [1.29, 1.82) is 0 Å². The van der Waals surface area contributed by atoms with Gasteiger partial charge in [-0.05, 0) is 49.9 Å². The van der Waals surface area contributed by atoms with Crippen molar-refractivity contribution in [2.24, 2.45) is 0 Å². The first kappa shape index (κ1) is 16.8. The van der Waals surface area contributed by atoms with Crippen LogP contribution in [0.1, 0.15) is 44.6 Å². The van der Waals surface area contributed by atoms with Gasteiger partial charge in [0.1, 0.15) is 0 Å². The monoisotopic (exact) mass is 324 g/mol. The number of piperidine rings is 1. The number of nitrogens with zero attached hydrogens (tertiary/aromatic N) is 1. The fraction of sp³-hybridized carbons (Fsp3) is 0.562. The number of benzene rings is 1. The highest BCUT2D eigenvalue weighted by molar-refractivity contribution is 7.92. The van der Waals surface area contributed by atoms with E-state index in [1.54, 1.807) is 17.0 Å². The third-order valence-corrected chi connectivity index (χ3v) is 5.22. The van der Waals surface area contributed by atoms with Crippen LogP contribution in [0.2, 0.25) is 0 Å². The third-order valence-electron chi connectivity index (χ3n) is 3.85. The van der Waals surface area contributed by atoms with Crippen LogP contribution >= 0.6 is 0 Å². The maximum Gasteiger partial charge on any atom is 0.232 e. The second-order valence-corrected chi connectivity index (χ2v) is 7.62. The Labute approximate surface area is 132 Å².